The summed E-state index contributed by atoms with van der Waals surface area (Å²) in [6, 6.07) is 14.3. The molecule has 0 fully saturated rings. The Balaban J connectivity index is 2.05. The van der Waals surface area contributed by atoms with Crippen LogP contribution in [-0.2, 0) is 6.54 Å². The molecule has 0 spiro atoms. The topological polar surface area (TPSA) is 52.9 Å². The van der Waals surface area contributed by atoms with E-state index in [-0.39, 0.29) is 5.91 Å². The fourth-order valence-electron chi connectivity index (χ4n) is 1.65. The molecule has 0 aliphatic carbocycles. The molecule has 0 aromatic heterocycles. The fraction of sp³-hybridized carbons (Fsp3) is 0.0667. The summed E-state index contributed by atoms with van der Waals surface area (Å²) in [7, 11) is 0. The Morgan fingerprint density at radius 2 is 1.95 bits per heavy atom. The fourth-order valence-corrected chi connectivity index (χ4v) is 2.23. The van der Waals surface area contributed by atoms with Gasteiger partial charge in [0.15, 0.2) is 0 Å². The Labute approximate surface area is 130 Å². The van der Waals surface area contributed by atoms with Gasteiger partial charge in [0.1, 0.15) is 0 Å². The molecule has 0 atom stereocenters. The molecule has 2 rings (SSSR count). The molecular weight excluding hydrogens is 340 g/mol. The standard InChI is InChI=1S/C15H10BrClN2O/c16-13-3-1-2-12(14(13)17)15(20)19-9-11-6-4-10(8-18)5-7-11/h1-7H,9H2,(H,19,20). The molecule has 0 saturated carbocycles. The van der Waals surface area contributed by atoms with Crippen LogP contribution in [0.5, 0.6) is 0 Å². The number of amides is 1. The molecule has 1 N–H and O–H groups in total. The third kappa shape index (κ3) is 3.38. The quantitative estimate of drug-likeness (QED) is 0.913. The van der Waals surface area contributed by atoms with Crippen molar-refractivity contribution in [3.63, 3.8) is 0 Å². The van der Waals surface area contributed by atoms with Crippen LogP contribution in [0.1, 0.15) is 21.5 Å². The van der Waals surface area contributed by atoms with E-state index in [0.717, 1.165) is 5.56 Å². The van der Waals surface area contributed by atoms with Crippen LogP contribution in [0, 0.1) is 11.3 Å². The number of hydrogen-bond acceptors (Lipinski definition) is 2. The van der Waals surface area contributed by atoms with Crippen LogP contribution in [0.4, 0.5) is 0 Å². The van der Waals surface area contributed by atoms with Crippen molar-refractivity contribution in [2.75, 3.05) is 0 Å². The van der Waals surface area contributed by atoms with E-state index >= 15 is 0 Å². The highest BCUT2D eigenvalue weighted by molar-refractivity contribution is 9.10. The van der Waals surface area contributed by atoms with Crippen LogP contribution in [-0.4, -0.2) is 5.91 Å². The van der Waals surface area contributed by atoms with Crippen LogP contribution in [0.2, 0.25) is 5.02 Å². The van der Waals surface area contributed by atoms with Gasteiger partial charge in [0.05, 0.1) is 22.2 Å². The van der Waals surface area contributed by atoms with E-state index in [9.17, 15) is 4.79 Å². The van der Waals surface area contributed by atoms with Gasteiger partial charge in [-0.2, -0.15) is 5.26 Å². The van der Waals surface area contributed by atoms with Gasteiger partial charge in [-0.3, -0.25) is 4.79 Å². The summed E-state index contributed by atoms with van der Waals surface area (Å²) in [5.41, 5.74) is 1.94. The molecule has 0 bridgehead atoms. The maximum atomic E-state index is 12.0. The molecule has 0 aliphatic rings. The minimum absolute atomic E-state index is 0.236. The second-order valence-corrected chi connectivity index (χ2v) is 5.33. The first kappa shape index (κ1) is 14.6. The first-order chi connectivity index (χ1) is 9.61. The zero-order valence-electron chi connectivity index (χ0n) is 10.4. The summed E-state index contributed by atoms with van der Waals surface area (Å²) in [6.45, 7) is 0.382. The summed E-state index contributed by atoms with van der Waals surface area (Å²) in [5, 5.41) is 11.9. The number of halogens is 2. The minimum atomic E-state index is -0.236. The number of hydrogen-bond donors (Lipinski definition) is 1. The number of benzene rings is 2. The Kier molecular flexibility index (Phi) is 4.78. The number of nitriles is 1. The highest BCUT2D eigenvalue weighted by atomic mass is 79.9. The molecule has 3 nitrogen and oxygen atoms in total. The number of rotatable bonds is 3. The smallest absolute Gasteiger partial charge is 0.253 e. The summed E-state index contributed by atoms with van der Waals surface area (Å²) in [6.07, 6.45) is 0. The number of nitrogens with zero attached hydrogens (tertiary/aromatic N) is 1. The van der Waals surface area contributed by atoms with Gasteiger partial charge in [-0.05, 0) is 45.8 Å². The summed E-state index contributed by atoms with van der Waals surface area (Å²) >= 11 is 9.35. The lowest BCUT2D eigenvalue weighted by Crippen LogP contribution is -2.23. The Hall–Kier alpha value is -1.83. The second kappa shape index (κ2) is 6.56. The number of nitrogens with one attached hydrogen (secondary N) is 1. The SMILES string of the molecule is N#Cc1ccc(CNC(=O)c2cccc(Br)c2Cl)cc1. The van der Waals surface area contributed by atoms with E-state index < -0.39 is 0 Å². The highest BCUT2D eigenvalue weighted by Gasteiger charge is 2.11. The third-order valence-electron chi connectivity index (χ3n) is 2.73. The molecule has 0 radical (unpaired) electrons. The van der Waals surface area contributed by atoms with Gasteiger partial charge in [0.25, 0.3) is 5.91 Å². The Morgan fingerprint density at radius 3 is 2.60 bits per heavy atom. The first-order valence-corrected chi connectivity index (χ1v) is 7.00. The molecule has 20 heavy (non-hydrogen) atoms. The number of carbonyl (C=O) groups is 1. The van der Waals surface area contributed by atoms with Crippen molar-refractivity contribution in [2.24, 2.45) is 0 Å². The van der Waals surface area contributed by atoms with Crippen molar-refractivity contribution >= 4 is 33.4 Å². The zero-order valence-corrected chi connectivity index (χ0v) is 12.7. The monoisotopic (exact) mass is 348 g/mol. The summed E-state index contributed by atoms with van der Waals surface area (Å²) in [5.74, 6) is -0.236. The van der Waals surface area contributed by atoms with Crippen LogP contribution < -0.4 is 5.32 Å². The van der Waals surface area contributed by atoms with Crippen LogP contribution in [0.25, 0.3) is 0 Å². The summed E-state index contributed by atoms with van der Waals surface area (Å²) < 4.78 is 0.685. The van der Waals surface area contributed by atoms with Crippen LogP contribution >= 0.6 is 27.5 Å². The molecule has 5 heteroatoms. The minimum Gasteiger partial charge on any atom is -0.348 e. The van der Waals surface area contributed by atoms with Crippen LogP contribution in [0.15, 0.2) is 46.9 Å². The van der Waals surface area contributed by atoms with Gasteiger partial charge in [0.2, 0.25) is 0 Å². The average Bonchev–Trinajstić information content (AvgIpc) is 2.48. The lowest BCUT2D eigenvalue weighted by molar-refractivity contribution is 0.0951. The van der Waals surface area contributed by atoms with Crippen molar-refractivity contribution in [3.8, 4) is 6.07 Å². The van der Waals surface area contributed by atoms with Gasteiger partial charge in [0, 0.05) is 11.0 Å². The van der Waals surface area contributed by atoms with Crippen molar-refractivity contribution < 1.29 is 4.79 Å². The molecule has 0 aliphatic heterocycles. The largest absolute Gasteiger partial charge is 0.348 e. The second-order valence-electron chi connectivity index (χ2n) is 4.09. The van der Waals surface area contributed by atoms with Gasteiger partial charge < -0.3 is 5.32 Å². The number of carbonyl (C=O) groups excluding carboxylic acids is 1. The van der Waals surface area contributed by atoms with Gasteiger partial charge >= 0.3 is 0 Å². The highest BCUT2D eigenvalue weighted by Crippen LogP contribution is 2.25. The predicted molar refractivity (Wildman–Crippen MR) is 81.5 cm³/mol. The van der Waals surface area contributed by atoms with Crippen molar-refractivity contribution in [3.05, 3.63) is 68.7 Å². The van der Waals surface area contributed by atoms with E-state index in [1.807, 2.05) is 6.07 Å². The molecule has 2 aromatic carbocycles. The van der Waals surface area contributed by atoms with E-state index in [2.05, 4.69) is 21.2 Å². The van der Waals surface area contributed by atoms with Crippen LogP contribution in [0.3, 0.4) is 0 Å². The van der Waals surface area contributed by atoms with Crippen molar-refractivity contribution in [1.82, 2.24) is 5.32 Å². The van der Waals surface area contributed by atoms with E-state index in [1.54, 1.807) is 42.5 Å². The summed E-state index contributed by atoms with van der Waals surface area (Å²) in [4.78, 5) is 12.0. The Bertz CT molecular complexity index is 677. The van der Waals surface area contributed by atoms with E-state index in [4.69, 9.17) is 16.9 Å². The van der Waals surface area contributed by atoms with Gasteiger partial charge in [-0.15, -0.1) is 0 Å². The molecule has 0 saturated heterocycles. The molecular formula is C15H10BrClN2O. The molecule has 0 unspecified atom stereocenters. The van der Waals surface area contributed by atoms with Crippen molar-refractivity contribution in [1.29, 1.82) is 5.26 Å². The van der Waals surface area contributed by atoms with E-state index in [1.165, 1.54) is 0 Å². The predicted octanol–water partition coefficient (Wildman–Crippen LogP) is 3.90. The molecule has 0 heterocycles. The molecule has 2 aromatic rings. The normalized spacial score (nSPS) is 9.85. The zero-order chi connectivity index (χ0) is 14.5. The lowest BCUT2D eigenvalue weighted by atomic mass is 10.1. The maximum Gasteiger partial charge on any atom is 0.253 e. The third-order valence-corrected chi connectivity index (χ3v) is 4.03. The van der Waals surface area contributed by atoms with E-state index in [0.29, 0.717) is 27.2 Å². The first-order valence-electron chi connectivity index (χ1n) is 5.83. The Morgan fingerprint density at radius 1 is 1.25 bits per heavy atom. The van der Waals surface area contributed by atoms with Crippen molar-refractivity contribution in [2.45, 2.75) is 6.54 Å². The van der Waals surface area contributed by atoms with Gasteiger partial charge in [-0.1, -0.05) is 29.8 Å². The maximum absolute atomic E-state index is 12.0. The average molecular weight is 350 g/mol. The van der Waals surface area contributed by atoms with Gasteiger partial charge in [-0.25, -0.2) is 0 Å². The molecule has 1 amide bonds. The lowest BCUT2D eigenvalue weighted by Gasteiger charge is -2.08. The molecule has 100 valence electrons.